The number of hydrogen-bond acceptors (Lipinski definition) is 6. The van der Waals surface area contributed by atoms with Crippen LogP contribution in [0.4, 0.5) is 11.5 Å². The highest BCUT2D eigenvalue weighted by Gasteiger charge is 2.20. The summed E-state index contributed by atoms with van der Waals surface area (Å²) in [6.45, 7) is 4.00. The van der Waals surface area contributed by atoms with Crippen LogP contribution in [0.2, 0.25) is 0 Å². The molecule has 3 aromatic rings. The minimum atomic E-state index is -0.558. The van der Waals surface area contributed by atoms with E-state index in [1.165, 1.54) is 35.5 Å². The Morgan fingerprint density at radius 1 is 1.35 bits per heavy atom. The molecule has 1 amide bonds. The van der Waals surface area contributed by atoms with E-state index in [1.807, 2.05) is 13.8 Å². The Bertz CT molecular complexity index is 933. The molecule has 2 heterocycles. The zero-order chi connectivity index (χ0) is 18.7. The molecule has 0 spiro atoms. The molecular formula is C16H17N7O3. The smallest absolute Gasteiger partial charge is 0.295 e. The molecule has 0 saturated heterocycles. The molecule has 0 aliphatic carbocycles. The minimum Gasteiger partial charge on any atom is -0.307 e. The van der Waals surface area contributed by atoms with Crippen LogP contribution in [-0.2, 0) is 0 Å². The van der Waals surface area contributed by atoms with Crippen LogP contribution in [0, 0.1) is 10.1 Å². The average Bonchev–Trinajstić information content (AvgIpc) is 3.32. The van der Waals surface area contributed by atoms with Crippen LogP contribution in [0.25, 0.3) is 5.69 Å². The van der Waals surface area contributed by atoms with Crippen molar-refractivity contribution in [3.8, 4) is 5.69 Å². The van der Waals surface area contributed by atoms with Crippen molar-refractivity contribution in [3.63, 3.8) is 0 Å². The van der Waals surface area contributed by atoms with Gasteiger partial charge in [0.1, 0.15) is 24.2 Å². The number of nitrogens with one attached hydrogen (secondary N) is 1. The van der Waals surface area contributed by atoms with Crippen LogP contribution in [0.1, 0.15) is 36.7 Å². The molecule has 0 bridgehead atoms. The normalized spacial score (nSPS) is 11.9. The second-order valence-corrected chi connectivity index (χ2v) is 5.67. The summed E-state index contributed by atoms with van der Waals surface area (Å²) >= 11 is 0. The number of nitrogens with zero attached hydrogens (tertiary/aromatic N) is 6. The van der Waals surface area contributed by atoms with Crippen molar-refractivity contribution in [1.82, 2.24) is 24.5 Å². The van der Waals surface area contributed by atoms with Gasteiger partial charge in [-0.3, -0.25) is 14.9 Å². The lowest BCUT2D eigenvalue weighted by atomic mass is 10.1. The minimum absolute atomic E-state index is 0.115. The van der Waals surface area contributed by atoms with Crippen molar-refractivity contribution in [2.75, 3.05) is 5.32 Å². The maximum atomic E-state index is 12.5. The van der Waals surface area contributed by atoms with E-state index in [9.17, 15) is 14.9 Å². The summed E-state index contributed by atoms with van der Waals surface area (Å²) in [4.78, 5) is 27.2. The topological polar surface area (TPSA) is 121 Å². The predicted molar refractivity (Wildman–Crippen MR) is 93.2 cm³/mol. The Morgan fingerprint density at radius 3 is 2.81 bits per heavy atom. The largest absolute Gasteiger partial charge is 0.307 e. The van der Waals surface area contributed by atoms with E-state index < -0.39 is 10.8 Å². The molecule has 3 rings (SSSR count). The summed E-state index contributed by atoms with van der Waals surface area (Å²) in [5.41, 5.74) is 0.157. The van der Waals surface area contributed by atoms with Crippen molar-refractivity contribution < 1.29 is 9.72 Å². The summed E-state index contributed by atoms with van der Waals surface area (Å²) in [5, 5.41) is 22.2. The van der Waals surface area contributed by atoms with Gasteiger partial charge in [-0.05, 0) is 25.5 Å². The van der Waals surface area contributed by atoms with Gasteiger partial charge in [-0.1, -0.05) is 6.92 Å². The van der Waals surface area contributed by atoms with Crippen LogP contribution < -0.4 is 5.32 Å². The Hall–Kier alpha value is -3.56. The van der Waals surface area contributed by atoms with E-state index in [1.54, 1.807) is 16.9 Å². The Balaban J connectivity index is 1.90. The molecule has 0 saturated carbocycles. The summed E-state index contributed by atoms with van der Waals surface area (Å²) in [5.74, 6) is 0.0793. The zero-order valence-electron chi connectivity index (χ0n) is 14.2. The van der Waals surface area contributed by atoms with Crippen molar-refractivity contribution in [2.24, 2.45) is 0 Å². The molecule has 0 radical (unpaired) electrons. The highest BCUT2D eigenvalue weighted by molar-refractivity contribution is 6.04. The van der Waals surface area contributed by atoms with Crippen molar-refractivity contribution in [3.05, 3.63) is 58.8 Å². The maximum absolute atomic E-state index is 12.5. The standard InChI is InChI=1S/C16H17N7O3/c1-3-11(2)22-15(6-7-18-22)20-16(24)12-4-5-13(14(8-12)23(25)26)21-10-17-9-19-21/h4-11H,3H2,1-2H3,(H,20,24). The van der Waals surface area contributed by atoms with Gasteiger partial charge >= 0.3 is 0 Å². The number of aromatic nitrogens is 5. The number of benzene rings is 1. The molecule has 134 valence electrons. The van der Waals surface area contributed by atoms with Crippen LogP contribution in [0.5, 0.6) is 0 Å². The average molecular weight is 355 g/mol. The van der Waals surface area contributed by atoms with E-state index in [4.69, 9.17) is 0 Å². The number of hydrogen-bond donors (Lipinski definition) is 1. The van der Waals surface area contributed by atoms with Gasteiger partial charge in [-0.15, -0.1) is 0 Å². The molecular weight excluding hydrogens is 338 g/mol. The van der Waals surface area contributed by atoms with E-state index >= 15 is 0 Å². The third-order valence-electron chi connectivity index (χ3n) is 4.02. The van der Waals surface area contributed by atoms with Gasteiger partial charge in [0.15, 0.2) is 0 Å². The summed E-state index contributed by atoms with van der Waals surface area (Å²) < 4.78 is 2.98. The molecule has 0 fully saturated rings. The first-order valence-corrected chi connectivity index (χ1v) is 7.99. The Morgan fingerprint density at radius 2 is 2.15 bits per heavy atom. The van der Waals surface area contributed by atoms with Crippen LogP contribution in [0.3, 0.4) is 0 Å². The first kappa shape index (κ1) is 17.3. The summed E-state index contributed by atoms with van der Waals surface area (Å²) in [6, 6.07) is 5.99. The van der Waals surface area contributed by atoms with Crippen LogP contribution in [0.15, 0.2) is 43.1 Å². The quantitative estimate of drug-likeness (QED) is 0.536. The highest BCUT2D eigenvalue weighted by Crippen LogP contribution is 2.24. The van der Waals surface area contributed by atoms with Gasteiger partial charge in [0.05, 0.1) is 17.2 Å². The number of rotatable bonds is 6. The fraction of sp³-hybridized carbons (Fsp3) is 0.250. The summed E-state index contributed by atoms with van der Waals surface area (Å²) in [7, 11) is 0. The van der Waals surface area contributed by atoms with Gasteiger partial charge in [0.2, 0.25) is 0 Å². The number of carbonyl (C=O) groups excluding carboxylic acids is 1. The van der Waals surface area contributed by atoms with Gasteiger partial charge in [-0.2, -0.15) is 10.2 Å². The molecule has 0 aliphatic heterocycles. The van der Waals surface area contributed by atoms with Gasteiger partial charge in [0, 0.05) is 17.7 Å². The number of nitro benzene ring substituents is 1. The highest BCUT2D eigenvalue weighted by atomic mass is 16.6. The molecule has 1 N–H and O–H groups in total. The summed E-state index contributed by atoms with van der Waals surface area (Å²) in [6.07, 6.45) is 5.08. The second-order valence-electron chi connectivity index (χ2n) is 5.67. The third-order valence-corrected chi connectivity index (χ3v) is 4.02. The first-order chi connectivity index (χ1) is 12.5. The molecule has 10 heteroatoms. The van der Waals surface area contributed by atoms with E-state index in [0.29, 0.717) is 5.82 Å². The molecule has 26 heavy (non-hydrogen) atoms. The van der Waals surface area contributed by atoms with Gasteiger partial charge in [0.25, 0.3) is 11.6 Å². The number of carbonyl (C=O) groups is 1. The molecule has 0 aliphatic rings. The Labute approximate surface area is 148 Å². The van der Waals surface area contributed by atoms with E-state index in [2.05, 4.69) is 20.5 Å². The first-order valence-electron chi connectivity index (χ1n) is 7.99. The number of anilines is 1. The SMILES string of the molecule is CCC(C)n1nccc1NC(=O)c1ccc(-n2cncn2)c([N+](=O)[O-])c1. The fourth-order valence-electron chi connectivity index (χ4n) is 2.46. The predicted octanol–water partition coefficient (Wildman–Crippen LogP) is 2.60. The lowest BCUT2D eigenvalue weighted by Crippen LogP contribution is -2.17. The van der Waals surface area contributed by atoms with Crippen LogP contribution in [-0.4, -0.2) is 35.4 Å². The van der Waals surface area contributed by atoms with E-state index in [-0.39, 0.29) is 23.0 Å². The number of nitro groups is 1. The Kier molecular flexibility index (Phi) is 4.74. The van der Waals surface area contributed by atoms with Crippen molar-refractivity contribution >= 4 is 17.4 Å². The lowest BCUT2D eigenvalue weighted by molar-refractivity contribution is -0.384. The zero-order valence-corrected chi connectivity index (χ0v) is 14.2. The molecule has 1 aromatic carbocycles. The number of amides is 1. The van der Waals surface area contributed by atoms with Gasteiger partial charge in [-0.25, -0.2) is 14.3 Å². The fourth-order valence-corrected chi connectivity index (χ4v) is 2.46. The van der Waals surface area contributed by atoms with Crippen molar-refractivity contribution in [1.29, 1.82) is 0 Å². The van der Waals surface area contributed by atoms with Crippen LogP contribution >= 0.6 is 0 Å². The molecule has 10 nitrogen and oxygen atoms in total. The monoisotopic (exact) mass is 355 g/mol. The third kappa shape index (κ3) is 3.29. The lowest BCUT2D eigenvalue weighted by Gasteiger charge is -2.14. The maximum Gasteiger partial charge on any atom is 0.295 e. The van der Waals surface area contributed by atoms with Gasteiger partial charge < -0.3 is 5.32 Å². The molecule has 2 aromatic heterocycles. The van der Waals surface area contributed by atoms with Crippen molar-refractivity contribution in [2.45, 2.75) is 26.3 Å². The molecule has 1 unspecified atom stereocenters. The van der Waals surface area contributed by atoms with E-state index in [0.717, 1.165) is 6.42 Å². The second kappa shape index (κ2) is 7.13. The molecule has 1 atom stereocenters.